The Labute approximate surface area is 153 Å². The van der Waals surface area contributed by atoms with Crippen LogP contribution in [0.4, 0.5) is 5.69 Å². The lowest BCUT2D eigenvalue weighted by atomic mass is 10.0. The van der Waals surface area contributed by atoms with Gasteiger partial charge in [0.2, 0.25) is 0 Å². The van der Waals surface area contributed by atoms with E-state index in [1.165, 1.54) is 12.8 Å². The van der Waals surface area contributed by atoms with E-state index in [-0.39, 0.29) is 23.8 Å². The number of piperidine rings is 1. The van der Waals surface area contributed by atoms with Gasteiger partial charge in [0.25, 0.3) is 11.8 Å². The Morgan fingerprint density at radius 2 is 1.96 bits per heavy atom. The number of nitrogens with one attached hydrogen (secondary N) is 1. The van der Waals surface area contributed by atoms with Crippen LogP contribution in [-0.2, 0) is 0 Å². The van der Waals surface area contributed by atoms with Gasteiger partial charge in [-0.2, -0.15) is 0 Å². The number of hydrogen-bond acceptors (Lipinski definition) is 4. The summed E-state index contributed by atoms with van der Waals surface area (Å²) in [4.78, 5) is 31.0. The van der Waals surface area contributed by atoms with E-state index in [1.807, 2.05) is 18.7 Å². The topological polar surface area (TPSA) is 75.4 Å². The Bertz CT molecular complexity index is 780. The van der Waals surface area contributed by atoms with Gasteiger partial charge in [-0.25, -0.2) is 4.98 Å². The van der Waals surface area contributed by atoms with Crippen LogP contribution >= 0.6 is 0 Å². The highest BCUT2D eigenvalue weighted by molar-refractivity contribution is 6.04. The van der Waals surface area contributed by atoms with E-state index >= 15 is 0 Å². The second kappa shape index (κ2) is 7.72. The lowest BCUT2D eigenvalue weighted by molar-refractivity contribution is 0.0635. The van der Waals surface area contributed by atoms with E-state index in [2.05, 4.69) is 17.2 Å². The molecule has 6 nitrogen and oxygen atoms in total. The molecule has 0 aliphatic carbocycles. The van der Waals surface area contributed by atoms with Crippen LogP contribution in [0, 0.1) is 0 Å². The van der Waals surface area contributed by atoms with Crippen LogP contribution in [0.1, 0.15) is 72.6 Å². The minimum Gasteiger partial charge on any atom is -0.447 e. The molecule has 1 aromatic heterocycles. The molecule has 1 atom stereocenters. The Morgan fingerprint density at radius 3 is 2.62 bits per heavy atom. The van der Waals surface area contributed by atoms with Gasteiger partial charge in [-0.15, -0.1) is 0 Å². The zero-order valence-corrected chi connectivity index (χ0v) is 15.5. The fourth-order valence-corrected chi connectivity index (χ4v) is 3.29. The largest absolute Gasteiger partial charge is 0.447 e. The maximum Gasteiger partial charge on any atom is 0.277 e. The zero-order valence-electron chi connectivity index (χ0n) is 15.5. The smallest absolute Gasteiger partial charge is 0.277 e. The minimum absolute atomic E-state index is 0.0497. The number of likely N-dealkylation sites (tertiary alicyclic amines) is 1. The molecule has 0 spiro atoms. The van der Waals surface area contributed by atoms with Gasteiger partial charge in [0.15, 0.2) is 12.1 Å². The third-order valence-corrected chi connectivity index (χ3v) is 4.79. The number of hydrogen-bond donors (Lipinski definition) is 1. The number of rotatable bonds is 4. The molecule has 1 fully saturated rings. The van der Waals surface area contributed by atoms with Crippen molar-refractivity contribution in [1.29, 1.82) is 0 Å². The first-order valence-electron chi connectivity index (χ1n) is 9.13. The molecule has 0 bridgehead atoms. The maximum atomic E-state index is 12.7. The lowest BCUT2D eigenvalue weighted by Gasteiger charge is -2.33. The first-order valence-corrected chi connectivity index (χ1v) is 9.13. The number of carbonyl (C=O) groups is 2. The van der Waals surface area contributed by atoms with Crippen molar-refractivity contribution in [3.63, 3.8) is 0 Å². The predicted octanol–water partition coefficient (Wildman–Crippen LogP) is 4.06. The maximum absolute atomic E-state index is 12.7. The second-order valence-corrected chi connectivity index (χ2v) is 7.09. The van der Waals surface area contributed by atoms with E-state index < -0.39 is 0 Å². The van der Waals surface area contributed by atoms with Gasteiger partial charge < -0.3 is 14.6 Å². The fraction of sp³-hybridized carbons (Fsp3) is 0.450. The molecular weight excluding hydrogens is 330 g/mol. The molecule has 2 amide bonds. The van der Waals surface area contributed by atoms with Gasteiger partial charge in [0.1, 0.15) is 5.76 Å². The standard InChI is InChI=1S/C20H25N3O3/c1-13(2)18-17(21-12-26-18)19(24)22-16-9-7-15(8-10-16)20(25)23-11-5-4-6-14(23)3/h7-10,12-14H,4-6,11H2,1-3H3,(H,22,24)/t14-/m0/s1. The summed E-state index contributed by atoms with van der Waals surface area (Å²) in [6, 6.07) is 7.28. The van der Waals surface area contributed by atoms with Gasteiger partial charge in [-0.05, 0) is 50.5 Å². The Kier molecular flexibility index (Phi) is 5.40. The molecule has 26 heavy (non-hydrogen) atoms. The third-order valence-electron chi connectivity index (χ3n) is 4.79. The molecule has 3 rings (SSSR count). The van der Waals surface area contributed by atoms with Crippen molar-refractivity contribution in [3.05, 3.63) is 47.7 Å². The third kappa shape index (κ3) is 3.79. The second-order valence-electron chi connectivity index (χ2n) is 7.09. The fourth-order valence-electron chi connectivity index (χ4n) is 3.29. The van der Waals surface area contributed by atoms with Gasteiger partial charge in [0, 0.05) is 29.8 Å². The first-order chi connectivity index (χ1) is 12.5. The highest BCUT2D eigenvalue weighted by Gasteiger charge is 2.24. The summed E-state index contributed by atoms with van der Waals surface area (Å²) in [6.07, 6.45) is 4.57. The molecule has 0 unspecified atom stereocenters. The van der Waals surface area contributed by atoms with Crippen LogP contribution in [0.2, 0.25) is 0 Å². The van der Waals surface area contributed by atoms with Crippen molar-refractivity contribution in [2.75, 3.05) is 11.9 Å². The van der Waals surface area contributed by atoms with Gasteiger partial charge in [0.05, 0.1) is 0 Å². The number of aromatic nitrogens is 1. The van der Waals surface area contributed by atoms with Crippen molar-refractivity contribution in [1.82, 2.24) is 9.88 Å². The number of benzene rings is 1. The summed E-state index contributed by atoms with van der Waals surface area (Å²) in [5.74, 6) is 0.373. The average Bonchev–Trinajstić information content (AvgIpc) is 3.12. The van der Waals surface area contributed by atoms with Gasteiger partial charge in [-0.1, -0.05) is 13.8 Å². The normalized spacial score (nSPS) is 17.4. The van der Waals surface area contributed by atoms with Crippen LogP contribution < -0.4 is 5.32 Å². The number of carbonyl (C=O) groups excluding carboxylic acids is 2. The molecule has 0 radical (unpaired) electrons. The molecule has 138 valence electrons. The van der Waals surface area contributed by atoms with E-state index in [1.54, 1.807) is 24.3 Å². The first kappa shape index (κ1) is 18.2. The molecular formula is C20H25N3O3. The van der Waals surface area contributed by atoms with Crippen molar-refractivity contribution in [3.8, 4) is 0 Å². The Morgan fingerprint density at radius 1 is 1.23 bits per heavy atom. The molecule has 0 saturated carbocycles. The number of amides is 2. The number of nitrogens with zero attached hydrogens (tertiary/aromatic N) is 2. The quantitative estimate of drug-likeness (QED) is 0.897. The lowest BCUT2D eigenvalue weighted by Crippen LogP contribution is -2.42. The van der Waals surface area contributed by atoms with Crippen LogP contribution in [0.5, 0.6) is 0 Å². The highest BCUT2D eigenvalue weighted by Crippen LogP contribution is 2.22. The van der Waals surface area contributed by atoms with Crippen molar-refractivity contribution >= 4 is 17.5 Å². The Hall–Kier alpha value is -2.63. The summed E-state index contributed by atoms with van der Waals surface area (Å²) in [7, 11) is 0. The summed E-state index contributed by atoms with van der Waals surface area (Å²) in [5, 5.41) is 2.81. The van der Waals surface area contributed by atoms with Crippen LogP contribution in [-0.4, -0.2) is 34.3 Å². The molecule has 1 aromatic carbocycles. The molecule has 1 saturated heterocycles. The van der Waals surface area contributed by atoms with Crippen molar-refractivity contribution in [2.45, 2.75) is 52.0 Å². The Balaban J connectivity index is 1.68. The predicted molar refractivity (Wildman–Crippen MR) is 99.3 cm³/mol. The van der Waals surface area contributed by atoms with Crippen molar-refractivity contribution in [2.24, 2.45) is 0 Å². The van der Waals surface area contributed by atoms with E-state index in [0.717, 1.165) is 19.4 Å². The zero-order chi connectivity index (χ0) is 18.7. The summed E-state index contributed by atoms with van der Waals surface area (Å²) >= 11 is 0. The number of oxazole rings is 1. The summed E-state index contributed by atoms with van der Waals surface area (Å²) in [6.45, 7) is 6.79. The molecule has 1 aliphatic heterocycles. The van der Waals surface area contributed by atoms with E-state index in [9.17, 15) is 9.59 Å². The van der Waals surface area contributed by atoms with E-state index in [4.69, 9.17) is 4.42 Å². The molecule has 2 heterocycles. The summed E-state index contributed by atoms with van der Waals surface area (Å²) in [5.41, 5.74) is 1.55. The summed E-state index contributed by atoms with van der Waals surface area (Å²) < 4.78 is 5.29. The van der Waals surface area contributed by atoms with Crippen LogP contribution in [0.3, 0.4) is 0 Å². The average molecular weight is 355 g/mol. The van der Waals surface area contributed by atoms with E-state index in [0.29, 0.717) is 22.7 Å². The number of anilines is 1. The minimum atomic E-state index is -0.314. The molecule has 1 aliphatic rings. The molecule has 1 N–H and O–H groups in total. The SMILES string of the molecule is CC(C)c1ocnc1C(=O)Nc1ccc(C(=O)N2CCCC[C@@H]2C)cc1. The van der Waals surface area contributed by atoms with Gasteiger partial charge in [-0.3, -0.25) is 9.59 Å². The van der Waals surface area contributed by atoms with Crippen LogP contribution in [0.25, 0.3) is 0 Å². The van der Waals surface area contributed by atoms with Gasteiger partial charge >= 0.3 is 0 Å². The molecule has 6 heteroatoms. The molecule has 2 aromatic rings. The van der Waals surface area contributed by atoms with Crippen molar-refractivity contribution < 1.29 is 14.0 Å². The van der Waals surface area contributed by atoms with Crippen LogP contribution in [0.15, 0.2) is 35.1 Å². The highest BCUT2D eigenvalue weighted by atomic mass is 16.3. The monoisotopic (exact) mass is 355 g/mol.